The first-order chi connectivity index (χ1) is 9.04. The lowest BCUT2D eigenvalue weighted by molar-refractivity contribution is -0.140. The number of ether oxygens (including phenoxy) is 1. The van der Waals surface area contributed by atoms with E-state index in [9.17, 15) is 9.59 Å². The Bertz CT molecular complexity index is 424. The summed E-state index contributed by atoms with van der Waals surface area (Å²) in [6.45, 7) is 0.213. The van der Waals surface area contributed by atoms with Gasteiger partial charge in [-0.2, -0.15) is 0 Å². The van der Waals surface area contributed by atoms with Crippen LogP contribution in [0, 0.1) is 0 Å². The molecular formula is C12H17N3O4. The molecule has 0 aliphatic heterocycles. The normalized spacial score (nSPS) is 11.7. The van der Waals surface area contributed by atoms with Gasteiger partial charge in [0.15, 0.2) is 6.04 Å². The first-order valence-corrected chi connectivity index (χ1v) is 5.68. The number of rotatable bonds is 6. The quantitative estimate of drug-likeness (QED) is 0.774. The van der Waals surface area contributed by atoms with Crippen LogP contribution in [0.4, 0.5) is 4.79 Å². The number of hydrogen-bond donors (Lipinski definition) is 2. The Labute approximate surface area is 111 Å². The molecule has 7 nitrogen and oxygen atoms in total. The van der Waals surface area contributed by atoms with E-state index in [0.29, 0.717) is 6.54 Å². The number of nitrogens with one attached hydrogen (secondary N) is 1. The fourth-order valence-corrected chi connectivity index (χ4v) is 1.41. The Kier molecular flexibility index (Phi) is 5.74. The largest absolute Gasteiger partial charge is 0.480 e. The number of aliphatic carboxylic acids is 1. The fraction of sp³-hybridized carbons (Fsp3) is 0.417. The smallest absolute Gasteiger partial charge is 0.328 e. The molecule has 1 aromatic rings. The van der Waals surface area contributed by atoms with Crippen LogP contribution < -0.4 is 5.32 Å². The molecule has 1 heterocycles. The Morgan fingerprint density at radius 1 is 1.53 bits per heavy atom. The van der Waals surface area contributed by atoms with Gasteiger partial charge in [0.05, 0.1) is 18.8 Å². The Balaban J connectivity index is 2.54. The lowest BCUT2D eigenvalue weighted by atomic mass is 10.3. The summed E-state index contributed by atoms with van der Waals surface area (Å²) in [6, 6.07) is 3.83. The van der Waals surface area contributed by atoms with E-state index in [2.05, 4.69) is 10.3 Å². The second-order valence-electron chi connectivity index (χ2n) is 3.97. The molecule has 0 aliphatic carbocycles. The molecule has 0 spiro atoms. The molecule has 1 atom stereocenters. The fourth-order valence-electron chi connectivity index (χ4n) is 1.41. The van der Waals surface area contributed by atoms with Crippen LogP contribution in [0.5, 0.6) is 0 Å². The molecule has 7 heteroatoms. The van der Waals surface area contributed by atoms with Gasteiger partial charge in [-0.3, -0.25) is 4.98 Å². The van der Waals surface area contributed by atoms with E-state index >= 15 is 0 Å². The molecule has 0 saturated heterocycles. The third-order valence-corrected chi connectivity index (χ3v) is 2.40. The summed E-state index contributed by atoms with van der Waals surface area (Å²) in [6.07, 6.45) is 1.63. The van der Waals surface area contributed by atoms with E-state index in [1.54, 1.807) is 25.4 Å². The molecule has 0 aliphatic rings. The third kappa shape index (κ3) is 4.92. The van der Waals surface area contributed by atoms with Crippen molar-refractivity contribution in [1.82, 2.24) is 15.2 Å². The number of methoxy groups -OCH3 is 1. The van der Waals surface area contributed by atoms with Crippen molar-refractivity contribution in [3.8, 4) is 0 Å². The van der Waals surface area contributed by atoms with Crippen molar-refractivity contribution in [2.75, 3.05) is 20.8 Å². The lowest BCUT2D eigenvalue weighted by Crippen LogP contribution is -2.48. The minimum absolute atomic E-state index is 0.0848. The highest BCUT2D eigenvalue weighted by molar-refractivity contribution is 5.82. The van der Waals surface area contributed by atoms with Crippen LogP contribution in [0.15, 0.2) is 24.4 Å². The zero-order chi connectivity index (χ0) is 14.3. The van der Waals surface area contributed by atoms with Gasteiger partial charge in [0.2, 0.25) is 0 Å². The summed E-state index contributed by atoms with van der Waals surface area (Å²) in [5.74, 6) is -1.14. The number of carbonyl (C=O) groups is 2. The molecule has 1 rings (SSSR count). The average molecular weight is 267 g/mol. The van der Waals surface area contributed by atoms with E-state index < -0.39 is 18.0 Å². The number of carboxylic acids is 1. The maximum atomic E-state index is 11.8. The van der Waals surface area contributed by atoms with Crippen LogP contribution in [0.3, 0.4) is 0 Å². The van der Waals surface area contributed by atoms with Crippen molar-refractivity contribution >= 4 is 12.0 Å². The van der Waals surface area contributed by atoms with Gasteiger partial charge in [0, 0.05) is 20.4 Å². The van der Waals surface area contributed by atoms with Crippen LogP contribution in [0.25, 0.3) is 0 Å². The maximum Gasteiger partial charge on any atom is 0.328 e. The van der Waals surface area contributed by atoms with Crippen molar-refractivity contribution in [3.63, 3.8) is 0 Å². The standard InChI is InChI=1S/C12H17N3O4/c1-15(7-9-5-3-4-6-13-9)12(18)14-10(8-19-2)11(16)17/h3-6,10H,7-8H2,1-2H3,(H,14,18)(H,16,17). The number of aromatic nitrogens is 1. The van der Waals surface area contributed by atoms with Crippen LogP contribution >= 0.6 is 0 Å². The second kappa shape index (κ2) is 7.32. The first kappa shape index (κ1) is 14.9. The van der Waals surface area contributed by atoms with Gasteiger partial charge < -0.3 is 20.1 Å². The van der Waals surface area contributed by atoms with E-state index in [1.807, 2.05) is 6.07 Å². The molecule has 0 fully saturated rings. The number of nitrogens with zero attached hydrogens (tertiary/aromatic N) is 2. The van der Waals surface area contributed by atoms with Crippen LogP contribution in [0.2, 0.25) is 0 Å². The molecule has 2 N–H and O–H groups in total. The Hall–Kier alpha value is -2.15. The number of amides is 2. The second-order valence-corrected chi connectivity index (χ2v) is 3.97. The van der Waals surface area contributed by atoms with Gasteiger partial charge in [-0.1, -0.05) is 6.07 Å². The Morgan fingerprint density at radius 3 is 2.79 bits per heavy atom. The van der Waals surface area contributed by atoms with Gasteiger partial charge in [-0.25, -0.2) is 9.59 Å². The molecule has 2 amide bonds. The van der Waals surface area contributed by atoms with E-state index in [-0.39, 0.29) is 6.61 Å². The monoisotopic (exact) mass is 267 g/mol. The van der Waals surface area contributed by atoms with E-state index in [0.717, 1.165) is 5.69 Å². The molecule has 1 aromatic heterocycles. The van der Waals surface area contributed by atoms with E-state index in [1.165, 1.54) is 12.0 Å². The summed E-state index contributed by atoms with van der Waals surface area (Å²) in [5.41, 5.74) is 0.721. The maximum absolute atomic E-state index is 11.8. The van der Waals surface area contributed by atoms with Crippen LogP contribution in [0.1, 0.15) is 5.69 Å². The van der Waals surface area contributed by atoms with Crippen LogP contribution in [-0.4, -0.2) is 53.8 Å². The van der Waals surface area contributed by atoms with Gasteiger partial charge in [-0.15, -0.1) is 0 Å². The highest BCUT2D eigenvalue weighted by Crippen LogP contribution is 1.99. The molecule has 104 valence electrons. The average Bonchev–Trinajstić information content (AvgIpc) is 2.39. The molecular weight excluding hydrogens is 250 g/mol. The third-order valence-electron chi connectivity index (χ3n) is 2.40. The Morgan fingerprint density at radius 2 is 2.26 bits per heavy atom. The summed E-state index contributed by atoms with van der Waals surface area (Å²) >= 11 is 0. The van der Waals surface area contributed by atoms with Crippen LogP contribution in [-0.2, 0) is 16.1 Å². The summed E-state index contributed by atoms with van der Waals surface area (Å²) < 4.78 is 4.74. The SMILES string of the molecule is COCC(NC(=O)N(C)Cc1ccccn1)C(=O)O. The van der Waals surface area contributed by atoms with Gasteiger partial charge >= 0.3 is 12.0 Å². The molecule has 0 radical (unpaired) electrons. The number of urea groups is 1. The van der Waals surface area contributed by atoms with Gasteiger partial charge in [0.1, 0.15) is 0 Å². The highest BCUT2D eigenvalue weighted by Gasteiger charge is 2.21. The van der Waals surface area contributed by atoms with Crippen molar-refractivity contribution in [2.45, 2.75) is 12.6 Å². The van der Waals surface area contributed by atoms with Crippen molar-refractivity contribution < 1.29 is 19.4 Å². The minimum Gasteiger partial charge on any atom is -0.480 e. The minimum atomic E-state index is -1.14. The first-order valence-electron chi connectivity index (χ1n) is 5.68. The van der Waals surface area contributed by atoms with Crippen molar-refractivity contribution in [3.05, 3.63) is 30.1 Å². The molecule has 19 heavy (non-hydrogen) atoms. The highest BCUT2D eigenvalue weighted by atomic mass is 16.5. The molecule has 0 saturated carbocycles. The molecule has 1 unspecified atom stereocenters. The predicted molar refractivity (Wildman–Crippen MR) is 67.5 cm³/mol. The summed E-state index contributed by atoms with van der Waals surface area (Å²) in [5, 5.41) is 11.3. The summed E-state index contributed by atoms with van der Waals surface area (Å²) in [4.78, 5) is 28.1. The predicted octanol–water partition coefficient (Wildman–Crippen LogP) is 0.323. The van der Waals surface area contributed by atoms with E-state index in [4.69, 9.17) is 9.84 Å². The summed E-state index contributed by atoms with van der Waals surface area (Å²) in [7, 11) is 2.94. The zero-order valence-electron chi connectivity index (χ0n) is 10.9. The lowest BCUT2D eigenvalue weighted by Gasteiger charge is -2.20. The zero-order valence-corrected chi connectivity index (χ0v) is 10.9. The van der Waals surface area contributed by atoms with Crippen molar-refractivity contribution in [1.29, 1.82) is 0 Å². The van der Waals surface area contributed by atoms with Crippen molar-refractivity contribution in [2.24, 2.45) is 0 Å². The molecule has 0 aromatic carbocycles. The number of carbonyl (C=O) groups excluding carboxylic acids is 1. The van der Waals surface area contributed by atoms with Gasteiger partial charge in [-0.05, 0) is 12.1 Å². The number of pyridine rings is 1. The topological polar surface area (TPSA) is 91.8 Å². The number of carboxylic acid groups (broad SMARTS) is 1. The molecule has 0 bridgehead atoms. The van der Waals surface area contributed by atoms with Gasteiger partial charge in [0.25, 0.3) is 0 Å². The number of hydrogen-bond acceptors (Lipinski definition) is 4.